The number of halogens is 3. The van der Waals surface area contributed by atoms with Crippen LogP contribution in [0.25, 0.3) is 0 Å². The normalized spacial score (nSPS) is 17.3. The highest BCUT2D eigenvalue weighted by atomic mass is 19.4. The van der Waals surface area contributed by atoms with Crippen molar-refractivity contribution in [3.8, 4) is 0 Å². The summed E-state index contributed by atoms with van der Waals surface area (Å²) >= 11 is 0. The number of rotatable bonds is 4. The first-order valence-electron chi connectivity index (χ1n) is 5.76. The van der Waals surface area contributed by atoms with Crippen LogP contribution in [0.15, 0.2) is 24.3 Å². The molecule has 0 spiro atoms. The van der Waals surface area contributed by atoms with Crippen molar-refractivity contribution in [2.45, 2.75) is 37.9 Å². The molecular weight excluding hydrogens is 243 g/mol. The largest absolute Gasteiger partial charge is 0.416 e. The summed E-state index contributed by atoms with van der Waals surface area (Å²) in [6.07, 6.45) is -3.92. The molecule has 0 aromatic heterocycles. The third kappa shape index (κ3) is 3.03. The molecular formula is C13H18F3NO. The van der Waals surface area contributed by atoms with Gasteiger partial charge in [-0.2, -0.15) is 13.2 Å². The van der Waals surface area contributed by atoms with Gasteiger partial charge in [0.25, 0.3) is 0 Å². The standard InChI is InChI=1S/C13H18F3NO/c1-9(17)12(2,7-8-18)10-3-5-11(6-4-10)13(14,15)16/h3-6,9,18H,7-8,17H2,1-2H3. The van der Waals surface area contributed by atoms with Gasteiger partial charge in [-0.05, 0) is 31.0 Å². The highest BCUT2D eigenvalue weighted by molar-refractivity contribution is 5.31. The molecule has 1 rings (SSSR count). The second kappa shape index (κ2) is 5.28. The topological polar surface area (TPSA) is 46.2 Å². The number of hydrogen-bond donors (Lipinski definition) is 2. The third-order valence-electron chi connectivity index (χ3n) is 3.51. The van der Waals surface area contributed by atoms with Crippen LogP contribution in [-0.2, 0) is 11.6 Å². The molecule has 2 unspecified atom stereocenters. The van der Waals surface area contributed by atoms with Crippen molar-refractivity contribution in [3.05, 3.63) is 35.4 Å². The highest BCUT2D eigenvalue weighted by Crippen LogP contribution is 2.34. The first-order chi connectivity index (χ1) is 8.21. The first-order valence-corrected chi connectivity index (χ1v) is 5.76. The lowest BCUT2D eigenvalue weighted by Gasteiger charge is -2.33. The lowest BCUT2D eigenvalue weighted by molar-refractivity contribution is -0.137. The Kier molecular flexibility index (Phi) is 4.40. The minimum Gasteiger partial charge on any atom is -0.396 e. The molecule has 1 aromatic carbocycles. The van der Waals surface area contributed by atoms with Crippen LogP contribution in [0.1, 0.15) is 31.4 Å². The molecule has 2 nitrogen and oxygen atoms in total. The number of hydrogen-bond acceptors (Lipinski definition) is 2. The van der Waals surface area contributed by atoms with E-state index in [0.29, 0.717) is 12.0 Å². The maximum atomic E-state index is 12.5. The van der Waals surface area contributed by atoms with Crippen LogP contribution in [0.3, 0.4) is 0 Å². The molecule has 1 aromatic rings. The summed E-state index contributed by atoms with van der Waals surface area (Å²) in [4.78, 5) is 0. The van der Waals surface area contributed by atoms with E-state index >= 15 is 0 Å². The lowest BCUT2D eigenvalue weighted by Crippen LogP contribution is -2.41. The minimum atomic E-state index is -4.33. The fraction of sp³-hybridized carbons (Fsp3) is 0.538. The van der Waals surface area contributed by atoms with Gasteiger partial charge in [0.05, 0.1) is 5.56 Å². The zero-order chi connectivity index (χ0) is 14.0. The van der Waals surface area contributed by atoms with Gasteiger partial charge in [0.2, 0.25) is 0 Å². The molecule has 0 aliphatic carbocycles. The average Bonchev–Trinajstić information content (AvgIpc) is 2.28. The van der Waals surface area contributed by atoms with E-state index in [-0.39, 0.29) is 12.6 Å². The highest BCUT2D eigenvalue weighted by Gasteiger charge is 2.33. The molecule has 0 aliphatic rings. The predicted molar refractivity (Wildman–Crippen MR) is 64.1 cm³/mol. The van der Waals surface area contributed by atoms with Crippen LogP contribution in [-0.4, -0.2) is 17.8 Å². The van der Waals surface area contributed by atoms with Gasteiger partial charge in [-0.1, -0.05) is 19.1 Å². The van der Waals surface area contributed by atoms with Crippen molar-refractivity contribution in [2.75, 3.05) is 6.61 Å². The van der Waals surface area contributed by atoms with Crippen LogP contribution in [0, 0.1) is 0 Å². The Morgan fingerprint density at radius 1 is 1.17 bits per heavy atom. The molecule has 102 valence electrons. The van der Waals surface area contributed by atoms with Crippen molar-refractivity contribution >= 4 is 0 Å². The Bertz CT molecular complexity index is 386. The second-order valence-electron chi connectivity index (χ2n) is 4.75. The first kappa shape index (κ1) is 15.0. The molecule has 3 N–H and O–H groups in total. The summed E-state index contributed by atoms with van der Waals surface area (Å²) in [7, 11) is 0. The Hall–Kier alpha value is -1.07. The lowest BCUT2D eigenvalue weighted by atomic mass is 9.74. The van der Waals surface area contributed by atoms with Gasteiger partial charge in [0.1, 0.15) is 0 Å². The SMILES string of the molecule is CC(N)C(C)(CCO)c1ccc(C(F)(F)F)cc1. The van der Waals surface area contributed by atoms with Gasteiger partial charge in [-0.15, -0.1) is 0 Å². The van der Waals surface area contributed by atoms with E-state index in [0.717, 1.165) is 12.1 Å². The maximum Gasteiger partial charge on any atom is 0.416 e. The van der Waals surface area contributed by atoms with Gasteiger partial charge in [0.15, 0.2) is 0 Å². The molecule has 0 amide bonds. The van der Waals surface area contributed by atoms with Crippen molar-refractivity contribution in [3.63, 3.8) is 0 Å². The smallest absolute Gasteiger partial charge is 0.396 e. The molecule has 5 heteroatoms. The molecule has 0 aliphatic heterocycles. The summed E-state index contributed by atoms with van der Waals surface area (Å²) in [5.74, 6) is 0. The van der Waals surface area contributed by atoms with Gasteiger partial charge in [0, 0.05) is 18.1 Å². The molecule has 2 atom stereocenters. The van der Waals surface area contributed by atoms with Crippen molar-refractivity contribution in [1.82, 2.24) is 0 Å². The Morgan fingerprint density at radius 2 is 1.61 bits per heavy atom. The van der Waals surface area contributed by atoms with E-state index in [2.05, 4.69) is 0 Å². The minimum absolute atomic E-state index is 0.0565. The van der Waals surface area contributed by atoms with Crippen LogP contribution in [0.2, 0.25) is 0 Å². The van der Waals surface area contributed by atoms with E-state index < -0.39 is 17.2 Å². The van der Waals surface area contributed by atoms with Crippen LogP contribution < -0.4 is 5.73 Å². The van der Waals surface area contributed by atoms with E-state index in [1.165, 1.54) is 12.1 Å². The number of aliphatic hydroxyl groups excluding tert-OH is 1. The summed E-state index contributed by atoms with van der Waals surface area (Å²) in [6, 6.07) is 4.70. The molecule has 0 radical (unpaired) electrons. The van der Waals surface area contributed by atoms with E-state index in [9.17, 15) is 13.2 Å². The van der Waals surface area contributed by atoms with E-state index in [4.69, 9.17) is 10.8 Å². The predicted octanol–water partition coefficient (Wildman–Crippen LogP) is 2.69. The summed E-state index contributed by atoms with van der Waals surface area (Å²) in [5, 5.41) is 9.06. The van der Waals surface area contributed by atoms with E-state index in [1.54, 1.807) is 6.92 Å². The fourth-order valence-corrected chi connectivity index (χ4v) is 1.91. The second-order valence-corrected chi connectivity index (χ2v) is 4.75. The summed E-state index contributed by atoms with van der Waals surface area (Å²) in [6.45, 7) is 3.57. The van der Waals surface area contributed by atoms with Gasteiger partial charge in [-0.25, -0.2) is 0 Å². The summed E-state index contributed by atoms with van der Waals surface area (Å²) in [5.41, 5.74) is 5.38. The molecule has 0 bridgehead atoms. The zero-order valence-electron chi connectivity index (χ0n) is 10.5. The van der Waals surface area contributed by atoms with Crippen LogP contribution in [0.4, 0.5) is 13.2 Å². The number of alkyl halides is 3. The van der Waals surface area contributed by atoms with E-state index in [1.807, 2.05) is 6.92 Å². The summed E-state index contributed by atoms with van der Waals surface area (Å²) < 4.78 is 37.4. The zero-order valence-corrected chi connectivity index (χ0v) is 10.5. The molecule has 0 fully saturated rings. The number of nitrogens with two attached hydrogens (primary N) is 1. The number of benzene rings is 1. The van der Waals surface area contributed by atoms with Gasteiger partial charge >= 0.3 is 6.18 Å². The molecule has 0 saturated carbocycles. The van der Waals surface area contributed by atoms with Crippen molar-refractivity contribution in [2.24, 2.45) is 5.73 Å². The average molecular weight is 261 g/mol. The monoisotopic (exact) mass is 261 g/mol. The third-order valence-corrected chi connectivity index (χ3v) is 3.51. The van der Waals surface area contributed by atoms with Gasteiger partial charge in [-0.3, -0.25) is 0 Å². The van der Waals surface area contributed by atoms with Crippen LogP contribution >= 0.6 is 0 Å². The van der Waals surface area contributed by atoms with Crippen LogP contribution in [0.5, 0.6) is 0 Å². The molecule has 0 heterocycles. The van der Waals surface area contributed by atoms with Crippen molar-refractivity contribution < 1.29 is 18.3 Å². The fourth-order valence-electron chi connectivity index (χ4n) is 1.91. The Balaban J connectivity index is 3.09. The molecule has 18 heavy (non-hydrogen) atoms. The molecule has 0 saturated heterocycles. The van der Waals surface area contributed by atoms with Gasteiger partial charge < -0.3 is 10.8 Å². The quantitative estimate of drug-likeness (QED) is 0.875. The Morgan fingerprint density at radius 3 is 1.94 bits per heavy atom. The van der Waals surface area contributed by atoms with Crippen molar-refractivity contribution in [1.29, 1.82) is 0 Å². The number of aliphatic hydroxyl groups is 1. The Labute approximate surface area is 105 Å². The maximum absolute atomic E-state index is 12.5.